The fourth-order valence-electron chi connectivity index (χ4n) is 1.84. The van der Waals surface area contributed by atoms with E-state index in [1.807, 2.05) is 13.2 Å². The van der Waals surface area contributed by atoms with Crippen molar-refractivity contribution in [1.29, 1.82) is 0 Å². The molecule has 0 aliphatic rings. The fourth-order valence-corrected chi connectivity index (χ4v) is 4.27. The number of aryl methyl sites for hydroxylation is 1. The molecule has 0 amide bonds. The highest BCUT2D eigenvalue weighted by molar-refractivity contribution is 7.89. The third-order valence-corrected chi connectivity index (χ3v) is 5.72. The van der Waals surface area contributed by atoms with Gasteiger partial charge in [0.2, 0.25) is 10.0 Å². The van der Waals surface area contributed by atoms with Crippen molar-refractivity contribution in [1.82, 2.24) is 19.4 Å². The molecule has 0 aliphatic carbocycles. The van der Waals surface area contributed by atoms with Crippen molar-refractivity contribution >= 4 is 21.4 Å². The van der Waals surface area contributed by atoms with E-state index >= 15 is 0 Å². The van der Waals surface area contributed by atoms with Crippen LogP contribution < -0.4 is 5.32 Å². The number of nitrogens with zero attached hydrogens (tertiary/aromatic N) is 3. The minimum atomic E-state index is -3.45. The quantitative estimate of drug-likeness (QED) is 0.864. The summed E-state index contributed by atoms with van der Waals surface area (Å²) in [6, 6.07) is 1.72. The number of thiophene rings is 1. The Labute approximate surface area is 123 Å². The van der Waals surface area contributed by atoms with Gasteiger partial charge in [-0.05, 0) is 13.1 Å². The van der Waals surface area contributed by atoms with Crippen LogP contribution in [-0.4, -0.2) is 36.6 Å². The molecule has 0 aliphatic heterocycles. The SMILES string of the molecule is CNCc1cc(S(=O)(=O)N(C)Cc2cnn(C)c2)cs1. The van der Waals surface area contributed by atoms with Crippen LogP contribution in [0.15, 0.2) is 28.7 Å². The van der Waals surface area contributed by atoms with Crippen molar-refractivity contribution in [2.45, 2.75) is 18.0 Å². The molecule has 0 saturated carbocycles. The van der Waals surface area contributed by atoms with Gasteiger partial charge in [0.15, 0.2) is 0 Å². The largest absolute Gasteiger partial charge is 0.315 e. The van der Waals surface area contributed by atoms with E-state index in [9.17, 15) is 8.42 Å². The fraction of sp³-hybridized carbons (Fsp3) is 0.417. The Bertz CT molecular complexity index is 675. The number of aromatic nitrogens is 2. The molecule has 8 heteroatoms. The maximum atomic E-state index is 12.4. The average molecular weight is 314 g/mol. The normalized spacial score (nSPS) is 12.2. The minimum Gasteiger partial charge on any atom is -0.315 e. The number of hydrogen-bond donors (Lipinski definition) is 1. The summed E-state index contributed by atoms with van der Waals surface area (Å²) >= 11 is 1.44. The first-order valence-corrected chi connectivity index (χ1v) is 8.41. The molecule has 2 aromatic rings. The summed E-state index contributed by atoms with van der Waals surface area (Å²) in [6.07, 6.45) is 3.48. The third-order valence-electron chi connectivity index (χ3n) is 2.85. The Kier molecular flexibility index (Phi) is 4.59. The van der Waals surface area contributed by atoms with Crippen LogP contribution in [-0.2, 0) is 30.2 Å². The Morgan fingerprint density at radius 3 is 2.85 bits per heavy atom. The molecule has 0 bridgehead atoms. The van der Waals surface area contributed by atoms with E-state index < -0.39 is 10.0 Å². The van der Waals surface area contributed by atoms with Gasteiger partial charge in [-0.15, -0.1) is 11.3 Å². The first kappa shape index (κ1) is 15.2. The maximum absolute atomic E-state index is 12.4. The molecule has 20 heavy (non-hydrogen) atoms. The predicted octanol–water partition coefficient (Wildman–Crippen LogP) is 1.02. The van der Waals surface area contributed by atoms with Crippen LogP contribution in [0.1, 0.15) is 10.4 Å². The van der Waals surface area contributed by atoms with Crippen LogP contribution in [0.5, 0.6) is 0 Å². The molecule has 0 saturated heterocycles. The second-order valence-corrected chi connectivity index (χ2v) is 7.60. The minimum absolute atomic E-state index is 0.313. The standard InChI is InChI=1S/C12H18N4O2S2/c1-13-6-11-4-12(9-19-11)20(17,18)16(3)8-10-5-14-15(2)7-10/h4-5,7,9,13H,6,8H2,1-3H3. The molecule has 2 aromatic heterocycles. The van der Waals surface area contributed by atoms with Crippen LogP contribution >= 0.6 is 11.3 Å². The number of sulfonamides is 1. The summed E-state index contributed by atoms with van der Waals surface area (Å²) in [5, 5.41) is 8.74. The van der Waals surface area contributed by atoms with Crippen LogP contribution in [0, 0.1) is 0 Å². The molecular formula is C12H18N4O2S2. The highest BCUT2D eigenvalue weighted by Gasteiger charge is 2.22. The summed E-state index contributed by atoms with van der Waals surface area (Å²) in [5.74, 6) is 0. The predicted molar refractivity (Wildman–Crippen MR) is 78.9 cm³/mol. The summed E-state index contributed by atoms with van der Waals surface area (Å²) in [6.45, 7) is 0.986. The first-order chi connectivity index (χ1) is 9.43. The third kappa shape index (κ3) is 3.26. The number of nitrogens with one attached hydrogen (secondary N) is 1. The van der Waals surface area contributed by atoms with Gasteiger partial charge in [-0.3, -0.25) is 4.68 Å². The molecule has 0 fully saturated rings. The number of hydrogen-bond acceptors (Lipinski definition) is 5. The molecule has 0 unspecified atom stereocenters. The average Bonchev–Trinajstić information content (AvgIpc) is 2.99. The first-order valence-electron chi connectivity index (χ1n) is 6.09. The molecule has 1 N–H and O–H groups in total. The molecule has 0 atom stereocenters. The summed E-state index contributed by atoms with van der Waals surface area (Å²) in [7, 11) is 1.78. The number of rotatable bonds is 6. The van der Waals surface area contributed by atoms with E-state index in [1.54, 1.807) is 36.4 Å². The molecule has 2 heterocycles. The summed E-state index contributed by atoms with van der Waals surface area (Å²) in [5.41, 5.74) is 0.865. The topological polar surface area (TPSA) is 67.2 Å². The lowest BCUT2D eigenvalue weighted by atomic mass is 10.4. The summed E-state index contributed by atoms with van der Waals surface area (Å²) in [4.78, 5) is 1.35. The van der Waals surface area contributed by atoms with E-state index in [0.717, 1.165) is 10.4 Å². The van der Waals surface area contributed by atoms with Crippen molar-refractivity contribution in [3.8, 4) is 0 Å². The van der Waals surface area contributed by atoms with Gasteiger partial charge >= 0.3 is 0 Å². The lowest BCUT2D eigenvalue weighted by Gasteiger charge is -2.15. The van der Waals surface area contributed by atoms with E-state index in [4.69, 9.17) is 0 Å². The van der Waals surface area contributed by atoms with Gasteiger partial charge in [0.1, 0.15) is 0 Å². The smallest absolute Gasteiger partial charge is 0.243 e. The van der Waals surface area contributed by atoms with Gasteiger partial charge < -0.3 is 5.32 Å². The second kappa shape index (κ2) is 6.04. The van der Waals surface area contributed by atoms with Crippen molar-refractivity contribution in [2.75, 3.05) is 14.1 Å². The van der Waals surface area contributed by atoms with Gasteiger partial charge in [-0.25, -0.2) is 8.42 Å². The van der Waals surface area contributed by atoms with E-state index in [1.165, 1.54) is 15.6 Å². The molecule has 0 aromatic carbocycles. The highest BCUT2D eigenvalue weighted by atomic mass is 32.2. The van der Waals surface area contributed by atoms with Crippen LogP contribution in [0.3, 0.4) is 0 Å². The Hall–Kier alpha value is -1.22. The van der Waals surface area contributed by atoms with Gasteiger partial charge in [0.25, 0.3) is 0 Å². The van der Waals surface area contributed by atoms with E-state index in [-0.39, 0.29) is 0 Å². The van der Waals surface area contributed by atoms with Gasteiger partial charge in [0, 0.05) is 49.2 Å². The maximum Gasteiger partial charge on any atom is 0.243 e. The van der Waals surface area contributed by atoms with Crippen LogP contribution in [0.2, 0.25) is 0 Å². The molecule has 0 spiro atoms. The lowest BCUT2D eigenvalue weighted by Crippen LogP contribution is -2.26. The molecule has 0 radical (unpaired) electrons. The Balaban J connectivity index is 2.15. The molecular weight excluding hydrogens is 296 g/mol. The van der Waals surface area contributed by atoms with Crippen molar-refractivity contribution in [3.05, 3.63) is 34.3 Å². The molecule has 2 rings (SSSR count). The van der Waals surface area contributed by atoms with E-state index in [0.29, 0.717) is 18.0 Å². The second-order valence-electron chi connectivity index (χ2n) is 4.56. The van der Waals surface area contributed by atoms with Gasteiger partial charge in [-0.2, -0.15) is 9.40 Å². The van der Waals surface area contributed by atoms with Gasteiger partial charge in [-0.1, -0.05) is 0 Å². The Morgan fingerprint density at radius 2 is 2.25 bits per heavy atom. The van der Waals surface area contributed by atoms with Crippen LogP contribution in [0.25, 0.3) is 0 Å². The monoisotopic (exact) mass is 314 g/mol. The van der Waals surface area contributed by atoms with E-state index in [2.05, 4.69) is 10.4 Å². The molecule has 6 nitrogen and oxygen atoms in total. The molecule has 110 valence electrons. The van der Waals surface area contributed by atoms with Crippen molar-refractivity contribution in [2.24, 2.45) is 7.05 Å². The Morgan fingerprint density at radius 1 is 1.50 bits per heavy atom. The lowest BCUT2D eigenvalue weighted by molar-refractivity contribution is 0.467. The van der Waals surface area contributed by atoms with Crippen molar-refractivity contribution < 1.29 is 8.42 Å². The van der Waals surface area contributed by atoms with Gasteiger partial charge in [0.05, 0.1) is 11.1 Å². The highest BCUT2D eigenvalue weighted by Crippen LogP contribution is 2.22. The zero-order chi connectivity index (χ0) is 14.8. The zero-order valence-corrected chi connectivity index (χ0v) is 13.3. The summed E-state index contributed by atoms with van der Waals surface area (Å²) < 4.78 is 27.9. The van der Waals surface area contributed by atoms with Crippen LogP contribution in [0.4, 0.5) is 0 Å². The zero-order valence-electron chi connectivity index (χ0n) is 11.7. The van der Waals surface area contributed by atoms with Crippen molar-refractivity contribution in [3.63, 3.8) is 0 Å².